The normalized spacial score (nSPS) is 11.7. The zero-order valence-electron chi connectivity index (χ0n) is 38.5. The summed E-state index contributed by atoms with van der Waals surface area (Å²) < 4.78 is 12.6. The van der Waals surface area contributed by atoms with E-state index in [9.17, 15) is 0 Å². The SMILES string of the molecule is CCCCCCCCCCCCCCCCCCCCOc1ccsc1-c1nc2sc(-c3sccc3OCCCCCCCCCCCCCCCCCCCC)nc2s1. The Morgan fingerprint density at radius 2 is 0.600 bits per heavy atom. The predicted octanol–water partition coefficient (Wildman–Crippen LogP) is 20.1. The monoisotopic (exact) mass is 899 g/mol. The van der Waals surface area contributed by atoms with Crippen LogP contribution >= 0.6 is 45.3 Å². The van der Waals surface area contributed by atoms with E-state index >= 15 is 0 Å². The molecule has 340 valence electrons. The first-order valence-corrected chi connectivity index (χ1v) is 28.9. The third-order valence-electron chi connectivity index (χ3n) is 12.1. The van der Waals surface area contributed by atoms with E-state index in [4.69, 9.17) is 19.4 Å². The third-order valence-corrected chi connectivity index (χ3v) is 16.3. The van der Waals surface area contributed by atoms with Gasteiger partial charge in [0, 0.05) is 0 Å². The van der Waals surface area contributed by atoms with Crippen molar-refractivity contribution in [2.45, 2.75) is 245 Å². The summed E-state index contributed by atoms with van der Waals surface area (Å²) in [6.45, 7) is 6.17. The third kappa shape index (κ3) is 22.2. The minimum atomic E-state index is 0.783. The van der Waals surface area contributed by atoms with Crippen molar-refractivity contribution in [3.8, 4) is 31.3 Å². The molecule has 0 spiro atoms. The van der Waals surface area contributed by atoms with Crippen molar-refractivity contribution in [1.82, 2.24) is 9.97 Å². The summed E-state index contributed by atoms with van der Waals surface area (Å²) >= 11 is 6.81. The van der Waals surface area contributed by atoms with Gasteiger partial charge < -0.3 is 9.47 Å². The molecule has 8 heteroatoms. The molecule has 4 rings (SSSR count). The minimum absolute atomic E-state index is 0.783. The number of hydrogen-bond donors (Lipinski definition) is 0. The number of rotatable bonds is 42. The first-order valence-electron chi connectivity index (χ1n) is 25.5. The predicted molar refractivity (Wildman–Crippen MR) is 270 cm³/mol. The molecule has 0 aliphatic carbocycles. The molecule has 0 saturated carbocycles. The maximum Gasteiger partial charge on any atom is 0.155 e. The Morgan fingerprint density at radius 3 is 0.867 bits per heavy atom. The highest BCUT2D eigenvalue weighted by Crippen LogP contribution is 2.44. The fourth-order valence-electron chi connectivity index (χ4n) is 8.34. The Balaban J connectivity index is 0.985. The Kier molecular flexibility index (Phi) is 29.8. The molecule has 4 heterocycles. The molecule has 0 atom stereocenters. The van der Waals surface area contributed by atoms with E-state index in [1.54, 1.807) is 45.3 Å². The van der Waals surface area contributed by atoms with Crippen molar-refractivity contribution in [3.63, 3.8) is 0 Å². The molecule has 0 unspecified atom stereocenters. The standard InChI is InChI=1S/C52H86N2O2S4/c1-3-5-7-9-11-13-15-17-19-21-23-25-27-29-31-33-35-37-41-55-45-39-43-57-47(45)49-53-51-52(59-49)54-50(60-51)48-46(40-44-58-48)56-42-38-36-34-32-30-28-26-24-22-20-18-16-14-12-10-8-6-4-2/h39-40,43-44H,3-38,41-42H2,1-2H3. The van der Waals surface area contributed by atoms with E-state index in [2.05, 4.69) is 36.7 Å². The lowest BCUT2D eigenvalue weighted by atomic mass is 10.0. The molecule has 0 aliphatic rings. The number of thiophene rings is 2. The maximum atomic E-state index is 6.29. The second-order valence-electron chi connectivity index (χ2n) is 17.6. The maximum absolute atomic E-state index is 6.29. The molecule has 4 nitrogen and oxygen atoms in total. The number of fused-ring (bicyclic) bond motifs is 1. The molecule has 4 aromatic rings. The molecule has 60 heavy (non-hydrogen) atoms. The fourth-order valence-corrected chi connectivity index (χ4v) is 12.2. The van der Waals surface area contributed by atoms with Gasteiger partial charge in [0.1, 0.15) is 31.3 Å². The number of hydrogen-bond acceptors (Lipinski definition) is 8. The van der Waals surface area contributed by atoms with Crippen LogP contribution in [0.4, 0.5) is 0 Å². The Morgan fingerprint density at radius 1 is 0.350 bits per heavy atom. The highest BCUT2D eigenvalue weighted by Gasteiger charge is 2.19. The molecule has 0 aliphatic heterocycles. The van der Waals surface area contributed by atoms with Gasteiger partial charge in [-0.25, -0.2) is 9.97 Å². The summed E-state index contributed by atoms with van der Waals surface area (Å²) in [5, 5.41) is 6.30. The van der Waals surface area contributed by atoms with E-state index in [-0.39, 0.29) is 0 Å². The second-order valence-corrected chi connectivity index (χ2v) is 21.4. The number of ether oxygens (including phenoxy) is 2. The quantitative estimate of drug-likeness (QED) is 0.0416. The Hall–Kier alpha value is -1.48. The molecular formula is C52H86N2O2S4. The van der Waals surface area contributed by atoms with Gasteiger partial charge >= 0.3 is 0 Å². The van der Waals surface area contributed by atoms with Crippen LogP contribution < -0.4 is 9.47 Å². The zero-order chi connectivity index (χ0) is 42.0. The summed E-state index contributed by atoms with van der Waals surface area (Å²) in [4.78, 5) is 14.4. The average Bonchev–Trinajstić information content (AvgIpc) is 4.08. The highest BCUT2D eigenvalue weighted by molar-refractivity contribution is 7.31. The van der Waals surface area contributed by atoms with E-state index in [1.165, 1.54) is 218 Å². The summed E-state index contributed by atoms with van der Waals surface area (Å²) in [7, 11) is 0. The van der Waals surface area contributed by atoms with Gasteiger partial charge in [0.2, 0.25) is 0 Å². The molecule has 4 aromatic heterocycles. The van der Waals surface area contributed by atoms with Gasteiger partial charge in [-0.2, -0.15) is 0 Å². The van der Waals surface area contributed by atoms with Gasteiger partial charge in [0.05, 0.1) is 13.2 Å². The lowest BCUT2D eigenvalue weighted by Crippen LogP contribution is -1.97. The van der Waals surface area contributed by atoms with Crippen LogP contribution in [0.15, 0.2) is 22.9 Å². The Labute approximate surface area is 384 Å². The molecule has 0 N–H and O–H groups in total. The van der Waals surface area contributed by atoms with Crippen molar-refractivity contribution < 1.29 is 9.47 Å². The second kappa shape index (κ2) is 34.9. The van der Waals surface area contributed by atoms with Crippen LogP contribution in [0.1, 0.15) is 245 Å². The van der Waals surface area contributed by atoms with Gasteiger partial charge in [-0.3, -0.25) is 0 Å². The van der Waals surface area contributed by atoms with E-state index in [0.717, 1.165) is 67.0 Å². The van der Waals surface area contributed by atoms with Crippen molar-refractivity contribution in [2.75, 3.05) is 13.2 Å². The Bertz CT molecular complexity index is 1410. The lowest BCUT2D eigenvalue weighted by molar-refractivity contribution is 0.306. The average molecular weight is 900 g/mol. The van der Waals surface area contributed by atoms with Crippen LogP contribution in [0.25, 0.3) is 29.4 Å². The van der Waals surface area contributed by atoms with Gasteiger partial charge in [-0.15, -0.1) is 22.7 Å². The van der Waals surface area contributed by atoms with Crippen LogP contribution in [-0.4, -0.2) is 23.2 Å². The molecule has 0 aromatic carbocycles. The van der Waals surface area contributed by atoms with Crippen LogP contribution in [0, 0.1) is 0 Å². The molecule has 0 bridgehead atoms. The topological polar surface area (TPSA) is 44.2 Å². The molecular weight excluding hydrogens is 813 g/mol. The number of unbranched alkanes of at least 4 members (excludes halogenated alkanes) is 34. The molecule has 0 amide bonds. The zero-order valence-corrected chi connectivity index (χ0v) is 41.8. The van der Waals surface area contributed by atoms with Gasteiger partial charge in [-0.05, 0) is 35.7 Å². The van der Waals surface area contributed by atoms with Crippen LogP contribution in [0.2, 0.25) is 0 Å². The fraction of sp³-hybridized carbons (Fsp3) is 0.769. The summed E-state index contributed by atoms with van der Waals surface area (Å²) in [5.41, 5.74) is 0. The molecule has 0 fully saturated rings. The van der Waals surface area contributed by atoms with Crippen molar-refractivity contribution >= 4 is 55.0 Å². The van der Waals surface area contributed by atoms with Gasteiger partial charge in [-0.1, -0.05) is 255 Å². The summed E-state index contributed by atoms with van der Waals surface area (Å²) in [5.74, 6) is 1.95. The first kappa shape index (κ1) is 51.2. The highest BCUT2D eigenvalue weighted by atomic mass is 32.1. The first-order chi connectivity index (χ1) is 29.8. The number of thiazole rings is 2. The number of aromatic nitrogens is 2. The van der Waals surface area contributed by atoms with E-state index in [1.807, 2.05) is 0 Å². The van der Waals surface area contributed by atoms with Crippen molar-refractivity contribution in [2.24, 2.45) is 0 Å². The minimum Gasteiger partial charge on any atom is -0.492 e. The van der Waals surface area contributed by atoms with E-state index in [0.29, 0.717) is 0 Å². The van der Waals surface area contributed by atoms with Crippen LogP contribution in [0.3, 0.4) is 0 Å². The number of nitrogens with zero attached hydrogens (tertiary/aromatic N) is 2. The van der Waals surface area contributed by atoms with Crippen LogP contribution in [-0.2, 0) is 0 Å². The smallest absolute Gasteiger partial charge is 0.155 e. The van der Waals surface area contributed by atoms with Crippen molar-refractivity contribution in [3.05, 3.63) is 22.9 Å². The summed E-state index contributed by atoms with van der Waals surface area (Å²) in [6.07, 6.45) is 50.3. The molecule has 0 radical (unpaired) electrons. The lowest BCUT2D eigenvalue weighted by Gasteiger charge is -2.07. The summed E-state index contributed by atoms with van der Waals surface area (Å²) in [6, 6.07) is 4.22. The van der Waals surface area contributed by atoms with Gasteiger partial charge in [0.15, 0.2) is 9.66 Å². The van der Waals surface area contributed by atoms with Gasteiger partial charge in [0.25, 0.3) is 0 Å². The largest absolute Gasteiger partial charge is 0.492 e. The van der Waals surface area contributed by atoms with Crippen LogP contribution in [0.5, 0.6) is 11.5 Å². The molecule has 0 saturated heterocycles. The van der Waals surface area contributed by atoms with E-state index < -0.39 is 0 Å². The van der Waals surface area contributed by atoms with Crippen molar-refractivity contribution in [1.29, 1.82) is 0 Å².